The summed E-state index contributed by atoms with van der Waals surface area (Å²) in [5, 5.41) is 12.3. The molecule has 7 heteroatoms. The second kappa shape index (κ2) is 8.41. The van der Waals surface area contributed by atoms with E-state index in [-0.39, 0.29) is 37.2 Å². The minimum absolute atomic E-state index is 0.0232. The van der Waals surface area contributed by atoms with Gasteiger partial charge in [-0.3, -0.25) is 4.79 Å². The summed E-state index contributed by atoms with van der Waals surface area (Å²) in [6.45, 7) is 2.70. The fourth-order valence-electron chi connectivity index (χ4n) is 3.75. The smallest absolute Gasteiger partial charge is 0.286 e. The number of allylic oxidation sites excluding steroid dienone is 1. The number of ether oxygens (including phenoxy) is 4. The van der Waals surface area contributed by atoms with Crippen LogP contribution in [0.5, 0.6) is 11.5 Å². The minimum atomic E-state index is -0.545. The van der Waals surface area contributed by atoms with Crippen LogP contribution in [0.15, 0.2) is 30.0 Å². The van der Waals surface area contributed by atoms with Crippen LogP contribution in [0.2, 0.25) is 0 Å². The van der Waals surface area contributed by atoms with Crippen molar-refractivity contribution in [2.75, 3.05) is 20.0 Å². The zero-order chi connectivity index (χ0) is 19.5. The van der Waals surface area contributed by atoms with Crippen molar-refractivity contribution in [2.45, 2.75) is 50.9 Å². The number of aliphatic hydroxyl groups excluding tert-OH is 1. The Bertz CT molecular complexity index is 744. The maximum Gasteiger partial charge on any atom is 0.286 e. The van der Waals surface area contributed by atoms with Crippen LogP contribution in [0.1, 0.15) is 44.1 Å². The predicted octanol–water partition coefficient (Wildman–Crippen LogP) is 2.44. The number of rotatable bonds is 8. The van der Waals surface area contributed by atoms with Crippen LogP contribution < -0.4 is 14.8 Å². The van der Waals surface area contributed by atoms with Gasteiger partial charge in [-0.05, 0) is 56.4 Å². The second-order valence-corrected chi connectivity index (χ2v) is 7.39. The van der Waals surface area contributed by atoms with E-state index < -0.39 is 6.29 Å². The van der Waals surface area contributed by atoms with E-state index in [1.54, 1.807) is 0 Å². The van der Waals surface area contributed by atoms with E-state index in [1.807, 2.05) is 31.2 Å². The largest absolute Gasteiger partial charge is 0.459 e. The van der Waals surface area contributed by atoms with Crippen molar-refractivity contribution in [1.82, 2.24) is 5.32 Å². The standard InChI is InChI=1S/C21H27NO6/c1-2-25-21-15(4-3-9-23)16(11-19(28-21)20(24)22-14-6-7-14)13-5-8-17-18(10-13)27-12-26-17/h5,8,10-11,14-16,21,23H,2-4,6-7,9,12H2,1H3,(H,22,24)/t15-,16+,21+/m1/s1. The normalized spacial score (nSPS) is 25.8. The van der Waals surface area contributed by atoms with Crippen molar-refractivity contribution in [3.8, 4) is 11.5 Å². The van der Waals surface area contributed by atoms with Crippen LogP contribution >= 0.6 is 0 Å². The van der Waals surface area contributed by atoms with E-state index in [2.05, 4.69) is 5.32 Å². The van der Waals surface area contributed by atoms with Gasteiger partial charge < -0.3 is 29.4 Å². The minimum Gasteiger partial charge on any atom is -0.459 e. The number of benzene rings is 1. The number of hydrogen-bond donors (Lipinski definition) is 2. The summed E-state index contributed by atoms with van der Waals surface area (Å²) < 4.78 is 22.8. The third-order valence-corrected chi connectivity index (χ3v) is 5.33. The Kier molecular flexibility index (Phi) is 5.73. The lowest BCUT2D eigenvalue weighted by Gasteiger charge is -2.37. The van der Waals surface area contributed by atoms with Gasteiger partial charge in [0.05, 0.1) is 0 Å². The van der Waals surface area contributed by atoms with Crippen molar-refractivity contribution in [3.63, 3.8) is 0 Å². The van der Waals surface area contributed by atoms with E-state index in [9.17, 15) is 9.90 Å². The van der Waals surface area contributed by atoms with Crippen LogP contribution in [-0.4, -0.2) is 43.4 Å². The van der Waals surface area contributed by atoms with Crippen molar-refractivity contribution < 1.29 is 28.8 Å². The zero-order valence-corrected chi connectivity index (χ0v) is 16.1. The lowest BCUT2D eigenvalue weighted by atomic mass is 9.80. The van der Waals surface area contributed by atoms with Gasteiger partial charge >= 0.3 is 0 Å². The molecule has 2 heterocycles. The molecule has 4 rings (SSSR count). The molecule has 0 bridgehead atoms. The predicted molar refractivity (Wildman–Crippen MR) is 101 cm³/mol. The summed E-state index contributed by atoms with van der Waals surface area (Å²) in [6, 6.07) is 6.09. The number of fused-ring (bicyclic) bond motifs is 1. The first-order chi connectivity index (χ1) is 13.7. The number of amides is 1. The van der Waals surface area contributed by atoms with E-state index in [1.165, 1.54) is 0 Å². The second-order valence-electron chi connectivity index (χ2n) is 7.39. The first-order valence-corrected chi connectivity index (χ1v) is 10.0. The Hall–Kier alpha value is -2.25. The monoisotopic (exact) mass is 389 g/mol. The molecule has 0 unspecified atom stereocenters. The third-order valence-electron chi connectivity index (χ3n) is 5.33. The maximum atomic E-state index is 12.6. The van der Waals surface area contributed by atoms with Gasteiger partial charge in [-0.1, -0.05) is 6.07 Å². The molecule has 1 saturated carbocycles. The van der Waals surface area contributed by atoms with E-state index in [0.29, 0.717) is 31.0 Å². The van der Waals surface area contributed by atoms with Gasteiger partial charge in [-0.25, -0.2) is 0 Å². The van der Waals surface area contributed by atoms with Gasteiger partial charge in [0.2, 0.25) is 13.1 Å². The Labute approximate surface area is 164 Å². The molecule has 1 aromatic rings. The highest BCUT2D eigenvalue weighted by molar-refractivity contribution is 5.92. The number of carbonyl (C=O) groups is 1. The molecule has 1 amide bonds. The van der Waals surface area contributed by atoms with Crippen molar-refractivity contribution in [2.24, 2.45) is 5.92 Å². The van der Waals surface area contributed by atoms with Gasteiger partial charge in [0.25, 0.3) is 5.91 Å². The lowest BCUT2D eigenvalue weighted by molar-refractivity contribution is -0.166. The van der Waals surface area contributed by atoms with Gasteiger partial charge in [0.1, 0.15) is 0 Å². The van der Waals surface area contributed by atoms with Crippen LogP contribution in [-0.2, 0) is 14.3 Å². The van der Waals surface area contributed by atoms with E-state index in [4.69, 9.17) is 18.9 Å². The molecule has 1 aliphatic carbocycles. The summed E-state index contributed by atoms with van der Waals surface area (Å²) in [5.74, 6) is 1.41. The summed E-state index contributed by atoms with van der Waals surface area (Å²) in [6.07, 6.45) is 4.71. The number of aliphatic hydroxyl groups is 1. The Morgan fingerprint density at radius 1 is 1.29 bits per heavy atom. The van der Waals surface area contributed by atoms with Crippen LogP contribution in [0.25, 0.3) is 0 Å². The van der Waals surface area contributed by atoms with Gasteiger partial charge in [-0.15, -0.1) is 0 Å². The molecule has 0 spiro atoms. The summed E-state index contributed by atoms with van der Waals surface area (Å²) in [5.41, 5.74) is 1.01. The van der Waals surface area contributed by atoms with Gasteiger partial charge in [0.15, 0.2) is 17.3 Å². The molecule has 2 N–H and O–H groups in total. The molecule has 0 aromatic heterocycles. The Balaban J connectivity index is 1.66. The summed E-state index contributed by atoms with van der Waals surface area (Å²) >= 11 is 0. The molecule has 7 nitrogen and oxygen atoms in total. The summed E-state index contributed by atoms with van der Waals surface area (Å²) in [4.78, 5) is 12.6. The average Bonchev–Trinajstić information content (AvgIpc) is 3.39. The third kappa shape index (κ3) is 4.10. The highest BCUT2D eigenvalue weighted by atomic mass is 16.7. The molecule has 0 radical (unpaired) electrons. The molecule has 28 heavy (non-hydrogen) atoms. The van der Waals surface area contributed by atoms with Crippen molar-refractivity contribution in [1.29, 1.82) is 0 Å². The molecule has 1 aromatic carbocycles. The molecular formula is C21H27NO6. The topological polar surface area (TPSA) is 86.3 Å². The average molecular weight is 389 g/mol. The zero-order valence-electron chi connectivity index (χ0n) is 16.1. The first kappa shape index (κ1) is 19.1. The quantitative estimate of drug-likeness (QED) is 0.710. The Morgan fingerprint density at radius 2 is 2.11 bits per heavy atom. The number of carbonyl (C=O) groups excluding carboxylic acids is 1. The highest BCUT2D eigenvalue weighted by Crippen LogP contribution is 2.42. The van der Waals surface area contributed by atoms with Gasteiger partial charge in [-0.2, -0.15) is 0 Å². The van der Waals surface area contributed by atoms with Crippen LogP contribution in [0.4, 0.5) is 0 Å². The van der Waals surface area contributed by atoms with E-state index in [0.717, 1.165) is 24.2 Å². The SMILES string of the molecule is CCO[C@H]1OC(C(=O)NC2CC2)=C[C@@H](c2ccc3c(c2)OCO3)[C@H]1CCCO. The maximum absolute atomic E-state index is 12.6. The molecule has 0 saturated heterocycles. The molecule has 152 valence electrons. The van der Waals surface area contributed by atoms with Gasteiger partial charge in [0, 0.05) is 31.1 Å². The van der Waals surface area contributed by atoms with Crippen LogP contribution in [0.3, 0.4) is 0 Å². The number of nitrogens with one attached hydrogen (secondary N) is 1. The molecule has 2 aliphatic heterocycles. The highest BCUT2D eigenvalue weighted by Gasteiger charge is 2.39. The molecular weight excluding hydrogens is 362 g/mol. The van der Waals surface area contributed by atoms with Crippen LogP contribution in [0, 0.1) is 5.92 Å². The molecule has 1 fully saturated rings. The fourth-order valence-corrected chi connectivity index (χ4v) is 3.75. The summed E-state index contributed by atoms with van der Waals surface area (Å²) in [7, 11) is 0. The Morgan fingerprint density at radius 3 is 2.86 bits per heavy atom. The number of hydrogen-bond acceptors (Lipinski definition) is 6. The van der Waals surface area contributed by atoms with E-state index >= 15 is 0 Å². The molecule has 3 aliphatic rings. The lowest BCUT2D eigenvalue weighted by Crippen LogP contribution is -2.39. The fraction of sp³-hybridized carbons (Fsp3) is 0.571. The van der Waals surface area contributed by atoms with Crippen molar-refractivity contribution in [3.05, 3.63) is 35.6 Å². The van der Waals surface area contributed by atoms with Crippen molar-refractivity contribution >= 4 is 5.91 Å². The molecule has 3 atom stereocenters. The first-order valence-electron chi connectivity index (χ1n) is 10.0.